The van der Waals surface area contributed by atoms with Gasteiger partial charge in [0.15, 0.2) is 0 Å². The first-order valence-corrected chi connectivity index (χ1v) is 7.21. The van der Waals surface area contributed by atoms with Crippen LogP contribution in [0.15, 0.2) is 48.5 Å². The van der Waals surface area contributed by atoms with E-state index in [2.05, 4.69) is 4.74 Å². The number of ether oxygens (including phenoxy) is 1. The summed E-state index contributed by atoms with van der Waals surface area (Å²) in [7, 11) is 0. The molecule has 1 N–H and O–H groups in total. The van der Waals surface area contributed by atoms with Crippen molar-refractivity contribution in [1.29, 1.82) is 5.26 Å². The van der Waals surface area contributed by atoms with E-state index in [9.17, 15) is 14.4 Å². The molecule has 3 rings (SSSR count). The van der Waals surface area contributed by atoms with Crippen LogP contribution in [0.2, 0.25) is 5.02 Å². The largest absolute Gasteiger partial charge is 0.511 e. The summed E-state index contributed by atoms with van der Waals surface area (Å²) in [5.41, 5.74) is 0.615. The Bertz CT molecular complexity index is 991. The molecule has 3 aromatic rings. The Morgan fingerprint density at radius 2 is 1.92 bits per heavy atom. The van der Waals surface area contributed by atoms with Crippen molar-refractivity contribution in [2.75, 3.05) is 0 Å². The molecule has 0 saturated heterocycles. The SMILES string of the molecule is N#Cc1ccc2ccc(OC(=O)O)cc2c1-c1c(F)cccc1Cl. The van der Waals surface area contributed by atoms with Gasteiger partial charge in [0.2, 0.25) is 0 Å². The van der Waals surface area contributed by atoms with Gasteiger partial charge >= 0.3 is 6.16 Å². The molecule has 0 amide bonds. The Hall–Kier alpha value is -3.10. The molecule has 0 aliphatic carbocycles. The minimum Gasteiger partial charge on any atom is -0.449 e. The minimum absolute atomic E-state index is 0.0683. The van der Waals surface area contributed by atoms with Crippen LogP contribution in [0.5, 0.6) is 5.75 Å². The van der Waals surface area contributed by atoms with Crippen LogP contribution in [0.3, 0.4) is 0 Å². The van der Waals surface area contributed by atoms with Gasteiger partial charge in [0.1, 0.15) is 11.6 Å². The predicted molar refractivity (Wildman–Crippen MR) is 87.7 cm³/mol. The molecule has 0 bridgehead atoms. The number of hydrogen-bond donors (Lipinski definition) is 1. The van der Waals surface area contributed by atoms with Crippen LogP contribution in [-0.4, -0.2) is 11.3 Å². The number of carboxylic acid groups (broad SMARTS) is 1. The third-order valence-corrected chi connectivity index (χ3v) is 3.85. The van der Waals surface area contributed by atoms with Gasteiger partial charge in [-0.3, -0.25) is 0 Å². The second-order valence-electron chi connectivity index (χ2n) is 4.95. The lowest BCUT2D eigenvalue weighted by Crippen LogP contribution is -2.02. The van der Waals surface area contributed by atoms with Gasteiger partial charge in [-0.15, -0.1) is 0 Å². The summed E-state index contributed by atoms with van der Waals surface area (Å²) < 4.78 is 19.0. The Morgan fingerprint density at radius 1 is 1.17 bits per heavy atom. The van der Waals surface area contributed by atoms with E-state index in [0.29, 0.717) is 16.3 Å². The molecular weight excluding hydrogens is 333 g/mol. The van der Waals surface area contributed by atoms with Crippen molar-refractivity contribution in [2.24, 2.45) is 0 Å². The zero-order chi connectivity index (χ0) is 17.3. The summed E-state index contributed by atoms with van der Waals surface area (Å²) in [6, 6.07) is 14.1. The zero-order valence-corrected chi connectivity index (χ0v) is 12.8. The van der Waals surface area contributed by atoms with Gasteiger partial charge in [0, 0.05) is 11.1 Å². The second-order valence-corrected chi connectivity index (χ2v) is 5.35. The monoisotopic (exact) mass is 341 g/mol. The predicted octanol–water partition coefficient (Wildman–Crippen LogP) is 5.23. The molecule has 24 heavy (non-hydrogen) atoms. The lowest BCUT2D eigenvalue weighted by Gasteiger charge is -2.13. The fraction of sp³-hybridized carbons (Fsp3) is 0. The van der Waals surface area contributed by atoms with Crippen LogP contribution in [0.4, 0.5) is 9.18 Å². The highest BCUT2D eigenvalue weighted by atomic mass is 35.5. The molecular formula is C18H9ClFNO3. The maximum Gasteiger partial charge on any atom is 0.511 e. The summed E-state index contributed by atoms with van der Waals surface area (Å²) in [4.78, 5) is 10.7. The number of rotatable bonds is 2. The summed E-state index contributed by atoms with van der Waals surface area (Å²) in [6.07, 6.45) is -1.46. The summed E-state index contributed by atoms with van der Waals surface area (Å²) in [6.45, 7) is 0. The van der Waals surface area contributed by atoms with Gasteiger partial charge in [0.25, 0.3) is 0 Å². The maximum absolute atomic E-state index is 14.4. The average Bonchev–Trinajstić information content (AvgIpc) is 2.54. The molecule has 0 unspecified atom stereocenters. The van der Waals surface area contributed by atoms with Gasteiger partial charge in [-0.1, -0.05) is 29.8 Å². The minimum atomic E-state index is -1.46. The Kier molecular flexibility index (Phi) is 4.07. The van der Waals surface area contributed by atoms with Crippen molar-refractivity contribution in [2.45, 2.75) is 0 Å². The topological polar surface area (TPSA) is 70.3 Å². The van der Waals surface area contributed by atoms with Crippen LogP contribution >= 0.6 is 11.6 Å². The molecule has 0 aliphatic rings. The molecule has 6 heteroatoms. The van der Waals surface area contributed by atoms with Gasteiger partial charge in [-0.25, -0.2) is 9.18 Å². The number of halogens is 2. The van der Waals surface area contributed by atoms with Gasteiger partial charge < -0.3 is 9.84 Å². The van der Waals surface area contributed by atoms with Crippen LogP contribution < -0.4 is 4.74 Å². The van der Waals surface area contributed by atoms with E-state index in [1.165, 1.54) is 30.3 Å². The van der Waals surface area contributed by atoms with Crippen LogP contribution in [0.25, 0.3) is 21.9 Å². The van der Waals surface area contributed by atoms with E-state index in [-0.39, 0.29) is 21.9 Å². The molecule has 118 valence electrons. The van der Waals surface area contributed by atoms with Crippen molar-refractivity contribution in [1.82, 2.24) is 0 Å². The molecule has 0 saturated carbocycles. The highest BCUT2D eigenvalue weighted by Crippen LogP contribution is 2.39. The Labute approximate surface area is 141 Å². The highest BCUT2D eigenvalue weighted by Gasteiger charge is 2.17. The zero-order valence-electron chi connectivity index (χ0n) is 12.1. The molecule has 0 atom stereocenters. The molecule has 3 aromatic carbocycles. The van der Waals surface area contributed by atoms with Crippen molar-refractivity contribution in [3.63, 3.8) is 0 Å². The molecule has 0 radical (unpaired) electrons. The lowest BCUT2D eigenvalue weighted by atomic mass is 9.93. The van der Waals surface area contributed by atoms with Gasteiger partial charge in [0.05, 0.1) is 16.7 Å². The van der Waals surface area contributed by atoms with E-state index >= 15 is 0 Å². The molecule has 4 nitrogen and oxygen atoms in total. The number of fused-ring (bicyclic) bond motifs is 1. The maximum atomic E-state index is 14.4. The standard InChI is InChI=1S/C18H9ClFNO3/c19-14-2-1-3-15(20)17(14)16-11(9-21)5-4-10-6-7-12(8-13(10)16)24-18(22)23/h1-8H,(H,22,23). The van der Waals surface area contributed by atoms with E-state index < -0.39 is 12.0 Å². The fourth-order valence-electron chi connectivity index (χ4n) is 2.56. The Morgan fingerprint density at radius 3 is 2.58 bits per heavy atom. The first-order chi connectivity index (χ1) is 11.5. The normalized spacial score (nSPS) is 10.4. The number of nitrogens with zero attached hydrogens (tertiary/aromatic N) is 1. The van der Waals surface area contributed by atoms with E-state index in [1.54, 1.807) is 18.2 Å². The van der Waals surface area contributed by atoms with Crippen LogP contribution in [-0.2, 0) is 0 Å². The summed E-state index contributed by atoms with van der Waals surface area (Å²) >= 11 is 6.14. The van der Waals surface area contributed by atoms with E-state index in [4.69, 9.17) is 16.7 Å². The Balaban J connectivity index is 2.39. The number of nitriles is 1. The smallest absolute Gasteiger partial charge is 0.449 e. The molecule has 0 fully saturated rings. The fourth-order valence-corrected chi connectivity index (χ4v) is 2.82. The average molecular weight is 342 g/mol. The lowest BCUT2D eigenvalue weighted by molar-refractivity contribution is 0.144. The van der Waals surface area contributed by atoms with Crippen LogP contribution in [0, 0.1) is 17.1 Å². The highest BCUT2D eigenvalue weighted by molar-refractivity contribution is 6.34. The van der Waals surface area contributed by atoms with Gasteiger partial charge in [-0.05, 0) is 41.1 Å². The van der Waals surface area contributed by atoms with E-state index in [1.807, 2.05) is 6.07 Å². The molecule has 0 heterocycles. The summed E-state index contributed by atoms with van der Waals surface area (Å²) in [5.74, 6) is -0.505. The quantitative estimate of drug-likeness (QED) is 0.512. The van der Waals surface area contributed by atoms with Crippen molar-refractivity contribution < 1.29 is 19.0 Å². The van der Waals surface area contributed by atoms with E-state index in [0.717, 1.165) is 0 Å². The van der Waals surface area contributed by atoms with Crippen LogP contribution in [0.1, 0.15) is 5.56 Å². The first kappa shape index (κ1) is 15.8. The summed E-state index contributed by atoms with van der Waals surface area (Å²) in [5, 5.41) is 19.5. The number of carbonyl (C=O) groups is 1. The number of benzene rings is 3. The van der Waals surface area contributed by atoms with Crippen molar-refractivity contribution in [3.05, 3.63) is 64.9 Å². The van der Waals surface area contributed by atoms with Gasteiger partial charge in [-0.2, -0.15) is 5.26 Å². The van der Waals surface area contributed by atoms with Crippen molar-refractivity contribution >= 4 is 28.5 Å². The molecule has 0 aromatic heterocycles. The molecule has 0 aliphatic heterocycles. The second kappa shape index (κ2) is 6.19. The number of hydrogen-bond acceptors (Lipinski definition) is 3. The third kappa shape index (κ3) is 2.75. The molecule has 0 spiro atoms. The first-order valence-electron chi connectivity index (χ1n) is 6.83. The van der Waals surface area contributed by atoms with Crippen molar-refractivity contribution in [3.8, 4) is 22.9 Å². The third-order valence-electron chi connectivity index (χ3n) is 3.53.